The molecule has 3 amide bonds. The summed E-state index contributed by atoms with van der Waals surface area (Å²) < 4.78 is 0. The van der Waals surface area contributed by atoms with Gasteiger partial charge in [0.15, 0.2) is 0 Å². The summed E-state index contributed by atoms with van der Waals surface area (Å²) in [5.74, 6) is -0.260. The third-order valence-corrected chi connectivity index (χ3v) is 4.63. The van der Waals surface area contributed by atoms with E-state index in [1.165, 1.54) is 24.9 Å². The quantitative estimate of drug-likeness (QED) is 0.753. The Bertz CT molecular complexity index is 756. The fraction of sp³-hybridized carbons (Fsp3) is 0.333. The maximum Gasteiger partial charge on any atom is 0.319 e. The smallest absolute Gasteiger partial charge is 0.319 e. The SMILES string of the molecule is C[C@H](NC(=O)Nc1ccccc1)C(=O)Nc1ccc(N2CCCCC2)cc1. The van der Waals surface area contributed by atoms with E-state index in [9.17, 15) is 9.59 Å². The van der Waals surface area contributed by atoms with E-state index >= 15 is 0 Å². The zero-order valence-electron chi connectivity index (χ0n) is 15.6. The summed E-state index contributed by atoms with van der Waals surface area (Å²) in [6.45, 7) is 3.83. The van der Waals surface area contributed by atoms with Crippen LogP contribution in [0, 0.1) is 0 Å². The van der Waals surface area contributed by atoms with Gasteiger partial charge in [0.25, 0.3) is 0 Å². The average molecular weight is 366 g/mol. The van der Waals surface area contributed by atoms with E-state index in [0.29, 0.717) is 5.69 Å². The third-order valence-electron chi connectivity index (χ3n) is 4.63. The maximum absolute atomic E-state index is 12.3. The van der Waals surface area contributed by atoms with Gasteiger partial charge in [-0.2, -0.15) is 0 Å². The van der Waals surface area contributed by atoms with Crippen molar-refractivity contribution >= 4 is 29.0 Å². The molecule has 6 nitrogen and oxygen atoms in total. The van der Waals surface area contributed by atoms with Crippen molar-refractivity contribution in [3.8, 4) is 0 Å². The van der Waals surface area contributed by atoms with Gasteiger partial charge in [-0.15, -0.1) is 0 Å². The summed E-state index contributed by atoms with van der Waals surface area (Å²) in [5, 5.41) is 8.18. The van der Waals surface area contributed by atoms with Crippen LogP contribution in [-0.2, 0) is 4.79 Å². The molecule has 3 N–H and O–H groups in total. The van der Waals surface area contributed by atoms with E-state index < -0.39 is 12.1 Å². The molecular weight excluding hydrogens is 340 g/mol. The molecule has 0 bridgehead atoms. The Morgan fingerprint density at radius 3 is 2.15 bits per heavy atom. The molecule has 1 saturated heterocycles. The first-order chi connectivity index (χ1) is 13.1. The van der Waals surface area contributed by atoms with Crippen LogP contribution in [0.5, 0.6) is 0 Å². The van der Waals surface area contributed by atoms with Gasteiger partial charge < -0.3 is 20.9 Å². The monoisotopic (exact) mass is 366 g/mol. The Kier molecular flexibility index (Phi) is 6.30. The highest BCUT2D eigenvalue weighted by Crippen LogP contribution is 2.21. The molecule has 1 fully saturated rings. The van der Waals surface area contributed by atoms with Crippen LogP contribution in [0.4, 0.5) is 21.9 Å². The van der Waals surface area contributed by atoms with Crippen LogP contribution in [-0.4, -0.2) is 31.1 Å². The van der Waals surface area contributed by atoms with Gasteiger partial charge in [-0.25, -0.2) is 4.79 Å². The summed E-state index contributed by atoms with van der Waals surface area (Å²) in [7, 11) is 0. The largest absolute Gasteiger partial charge is 0.372 e. The van der Waals surface area contributed by atoms with Crippen LogP contribution in [0.25, 0.3) is 0 Å². The fourth-order valence-electron chi connectivity index (χ4n) is 3.11. The molecule has 0 spiro atoms. The molecule has 0 radical (unpaired) electrons. The second kappa shape index (κ2) is 9.07. The van der Waals surface area contributed by atoms with Gasteiger partial charge in [0.2, 0.25) is 5.91 Å². The van der Waals surface area contributed by atoms with Gasteiger partial charge in [-0.3, -0.25) is 4.79 Å². The first-order valence-electron chi connectivity index (χ1n) is 9.40. The average Bonchev–Trinajstić information content (AvgIpc) is 2.70. The van der Waals surface area contributed by atoms with E-state index in [1.807, 2.05) is 42.5 Å². The lowest BCUT2D eigenvalue weighted by Gasteiger charge is -2.28. The summed E-state index contributed by atoms with van der Waals surface area (Å²) >= 11 is 0. The van der Waals surface area contributed by atoms with Crippen molar-refractivity contribution in [3.05, 3.63) is 54.6 Å². The molecule has 0 unspecified atom stereocenters. The van der Waals surface area contributed by atoms with E-state index in [1.54, 1.807) is 19.1 Å². The van der Waals surface area contributed by atoms with Gasteiger partial charge in [0, 0.05) is 30.2 Å². The third kappa shape index (κ3) is 5.48. The van der Waals surface area contributed by atoms with Gasteiger partial charge in [-0.05, 0) is 62.6 Å². The molecule has 3 rings (SSSR count). The molecule has 0 aliphatic carbocycles. The Morgan fingerprint density at radius 2 is 1.48 bits per heavy atom. The number of carbonyl (C=O) groups is 2. The summed E-state index contributed by atoms with van der Waals surface area (Å²) in [4.78, 5) is 26.7. The highest BCUT2D eigenvalue weighted by molar-refractivity contribution is 5.99. The Balaban J connectivity index is 1.49. The molecule has 2 aromatic carbocycles. The number of rotatable bonds is 5. The maximum atomic E-state index is 12.3. The minimum absolute atomic E-state index is 0.260. The molecule has 142 valence electrons. The number of piperidine rings is 1. The lowest BCUT2D eigenvalue weighted by Crippen LogP contribution is -2.43. The highest BCUT2D eigenvalue weighted by atomic mass is 16.2. The molecule has 1 aliphatic heterocycles. The molecule has 0 aromatic heterocycles. The normalized spacial score (nSPS) is 14.9. The zero-order chi connectivity index (χ0) is 19.1. The molecule has 27 heavy (non-hydrogen) atoms. The van der Waals surface area contributed by atoms with Crippen LogP contribution < -0.4 is 20.9 Å². The Labute approximate surface area is 159 Å². The number of urea groups is 1. The number of benzene rings is 2. The van der Waals surface area contributed by atoms with E-state index in [-0.39, 0.29) is 5.91 Å². The van der Waals surface area contributed by atoms with Crippen molar-refractivity contribution in [3.63, 3.8) is 0 Å². The van der Waals surface area contributed by atoms with Crippen LogP contribution in [0.1, 0.15) is 26.2 Å². The highest BCUT2D eigenvalue weighted by Gasteiger charge is 2.16. The number of anilines is 3. The Hall–Kier alpha value is -3.02. The van der Waals surface area contributed by atoms with Crippen molar-refractivity contribution in [2.24, 2.45) is 0 Å². The summed E-state index contributed by atoms with van der Waals surface area (Å²) in [6, 6.07) is 15.9. The summed E-state index contributed by atoms with van der Waals surface area (Å²) in [5.41, 5.74) is 2.58. The number of amides is 3. The second-order valence-electron chi connectivity index (χ2n) is 6.77. The molecule has 1 aliphatic rings. The Morgan fingerprint density at radius 1 is 0.852 bits per heavy atom. The van der Waals surface area contributed by atoms with Crippen LogP contribution in [0.15, 0.2) is 54.6 Å². The van der Waals surface area contributed by atoms with Gasteiger partial charge in [0.1, 0.15) is 6.04 Å². The number of hydrogen-bond donors (Lipinski definition) is 3. The van der Waals surface area contributed by atoms with Crippen LogP contribution in [0.3, 0.4) is 0 Å². The molecule has 1 atom stereocenters. The van der Waals surface area contributed by atoms with E-state index in [4.69, 9.17) is 0 Å². The fourth-order valence-corrected chi connectivity index (χ4v) is 3.11. The second-order valence-corrected chi connectivity index (χ2v) is 6.77. The predicted octanol–water partition coefficient (Wildman–Crippen LogP) is 3.83. The van der Waals surface area contributed by atoms with Crippen molar-refractivity contribution in [1.29, 1.82) is 0 Å². The number of para-hydroxylation sites is 1. The van der Waals surface area contributed by atoms with Gasteiger partial charge in [-0.1, -0.05) is 18.2 Å². The molecule has 6 heteroatoms. The standard InChI is InChI=1S/C21H26N4O2/c1-16(22-21(27)24-17-8-4-2-5-9-17)20(26)23-18-10-12-19(13-11-18)25-14-6-3-7-15-25/h2,4-5,8-13,16H,3,6-7,14-15H2,1H3,(H,23,26)(H2,22,24,27)/t16-/m0/s1. The van der Waals surface area contributed by atoms with Gasteiger partial charge in [0.05, 0.1) is 0 Å². The van der Waals surface area contributed by atoms with Crippen molar-refractivity contribution in [2.45, 2.75) is 32.2 Å². The number of nitrogens with one attached hydrogen (secondary N) is 3. The number of nitrogens with zero attached hydrogens (tertiary/aromatic N) is 1. The molecule has 0 saturated carbocycles. The van der Waals surface area contributed by atoms with Crippen molar-refractivity contribution < 1.29 is 9.59 Å². The van der Waals surface area contributed by atoms with Crippen molar-refractivity contribution in [2.75, 3.05) is 28.6 Å². The topological polar surface area (TPSA) is 73.5 Å². The molecular formula is C21H26N4O2. The predicted molar refractivity (Wildman–Crippen MR) is 109 cm³/mol. The lowest BCUT2D eigenvalue weighted by molar-refractivity contribution is -0.117. The van der Waals surface area contributed by atoms with Gasteiger partial charge >= 0.3 is 6.03 Å². The molecule has 1 heterocycles. The van der Waals surface area contributed by atoms with Crippen LogP contribution >= 0.6 is 0 Å². The van der Waals surface area contributed by atoms with E-state index in [2.05, 4.69) is 20.9 Å². The number of hydrogen-bond acceptors (Lipinski definition) is 3. The lowest BCUT2D eigenvalue weighted by atomic mass is 10.1. The number of carbonyl (C=O) groups excluding carboxylic acids is 2. The minimum atomic E-state index is -0.657. The van der Waals surface area contributed by atoms with Crippen LogP contribution in [0.2, 0.25) is 0 Å². The van der Waals surface area contributed by atoms with E-state index in [0.717, 1.165) is 18.8 Å². The first kappa shape index (κ1) is 18.8. The van der Waals surface area contributed by atoms with Crippen molar-refractivity contribution in [1.82, 2.24) is 5.32 Å². The molecule has 2 aromatic rings. The minimum Gasteiger partial charge on any atom is -0.372 e. The first-order valence-corrected chi connectivity index (χ1v) is 9.40. The zero-order valence-corrected chi connectivity index (χ0v) is 15.6. The summed E-state index contributed by atoms with van der Waals surface area (Å²) in [6.07, 6.45) is 3.76.